The molecule has 3 aromatic rings. The summed E-state index contributed by atoms with van der Waals surface area (Å²) >= 11 is 0. The summed E-state index contributed by atoms with van der Waals surface area (Å²) in [6, 6.07) is 3.98. The molecule has 0 saturated carbocycles. The molecule has 0 spiro atoms. The average Bonchev–Trinajstić information content (AvgIpc) is 3.19. The fourth-order valence-corrected chi connectivity index (χ4v) is 4.30. The number of nitriles is 1. The molecule has 0 unspecified atom stereocenters. The molecule has 134 valence electrons. The summed E-state index contributed by atoms with van der Waals surface area (Å²) in [4.78, 5) is 11.7. The highest BCUT2D eigenvalue weighted by atomic mass is 32.2. The summed E-state index contributed by atoms with van der Waals surface area (Å²) in [5.74, 6) is -0.212. The Kier molecular flexibility index (Phi) is 3.99. The van der Waals surface area contributed by atoms with Gasteiger partial charge in [-0.3, -0.25) is 0 Å². The molecule has 3 aromatic heterocycles. The monoisotopic (exact) mass is 371 g/mol. The molecule has 1 aliphatic rings. The molecule has 0 atom stereocenters. The first kappa shape index (κ1) is 16.7. The number of fused-ring (bicyclic) bond motifs is 3. The number of hydrogen-bond acceptors (Lipinski definition) is 5. The summed E-state index contributed by atoms with van der Waals surface area (Å²) in [7, 11) is -3.55. The molecule has 10 heteroatoms. The molecule has 1 aliphatic heterocycles. The van der Waals surface area contributed by atoms with E-state index in [1.807, 2.05) is 16.8 Å². The van der Waals surface area contributed by atoms with Gasteiger partial charge in [-0.1, -0.05) is 6.58 Å². The number of rotatable bonds is 6. The maximum Gasteiger partial charge on any atom is 0.279 e. The first-order valence-corrected chi connectivity index (χ1v) is 9.55. The van der Waals surface area contributed by atoms with Gasteiger partial charge in [0.1, 0.15) is 17.5 Å². The molecule has 1 fully saturated rings. The number of nitrogens with zero attached hydrogens (tertiary/aromatic N) is 5. The maximum absolute atomic E-state index is 12.1. The molecule has 0 aromatic carbocycles. The lowest BCUT2D eigenvalue weighted by Crippen LogP contribution is -2.53. The molecule has 26 heavy (non-hydrogen) atoms. The van der Waals surface area contributed by atoms with Crippen LogP contribution < -0.4 is 4.72 Å². The van der Waals surface area contributed by atoms with E-state index in [1.54, 1.807) is 12.5 Å². The Labute approximate surface area is 150 Å². The number of H-pyrrole nitrogens is 1. The number of aromatic amines is 1. The largest absolute Gasteiger partial charge is 0.346 e. The predicted molar refractivity (Wildman–Crippen MR) is 96.9 cm³/mol. The molecule has 2 N–H and O–H groups in total. The van der Waals surface area contributed by atoms with Crippen molar-refractivity contribution in [1.82, 2.24) is 28.5 Å². The lowest BCUT2D eigenvalue weighted by molar-refractivity contribution is 0.245. The van der Waals surface area contributed by atoms with E-state index in [2.05, 4.69) is 32.3 Å². The standard InChI is InChI=1S/C16H17N7O2S/c1-11(2-5-21-26(24,25)22-8-12(6-17)9-22)23-10-20-14-7-19-16-13(15(14)23)3-4-18-16/h3-4,7,10,12,21H,1-2,5,8-9H2,(H,18,19). The summed E-state index contributed by atoms with van der Waals surface area (Å²) in [6.45, 7) is 4.78. The second-order valence-electron chi connectivity index (χ2n) is 6.21. The Balaban J connectivity index is 1.45. The van der Waals surface area contributed by atoms with Gasteiger partial charge in [-0.2, -0.15) is 18.0 Å². The van der Waals surface area contributed by atoms with Crippen molar-refractivity contribution >= 4 is 38.0 Å². The molecule has 4 heterocycles. The Morgan fingerprint density at radius 3 is 3.04 bits per heavy atom. The minimum atomic E-state index is -3.55. The third kappa shape index (κ3) is 2.76. The topological polar surface area (TPSA) is 120 Å². The fraction of sp³-hybridized carbons (Fsp3) is 0.312. The van der Waals surface area contributed by atoms with Crippen molar-refractivity contribution in [2.24, 2.45) is 5.92 Å². The summed E-state index contributed by atoms with van der Waals surface area (Å²) in [5.41, 5.74) is 3.13. The van der Waals surface area contributed by atoms with Crippen LogP contribution in [0.25, 0.3) is 27.8 Å². The quantitative estimate of drug-likeness (QED) is 0.671. The van der Waals surface area contributed by atoms with E-state index in [0.717, 1.165) is 27.8 Å². The Morgan fingerprint density at radius 2 is 2.27 bits per heavy atom. The Hall–Kier alpha value is -2.74. The van der Waals surface area contributed by atoms with Gasteiger partial charge in [0.05, 0.1) is 23.7 Å². The highest BCUT2D eigenvalue weighted by molar-refractivity contribution is 7.87. The summed E-state index contributed by atoms with van der Waals surface area (Å²) < 4.78 is 30.0. The molecule has 9 nitrogen and oxygen atoms in total. The van der Waals surface area contributed by atoms with Crippen LogP contribution in [-0.2, 0) is 10.2 Å². The zero-order chi connectivity index (χ0) is 18.3. The van der Waals surface area contributed by atoms with E-state index in [-0.39, 0.29) is 25.6 Å². The first-order valence-electron chi connectivity index (χ1n) is 8.11. The van der Waals surface area contributed by atoms with Crippen LogP contribution in [-0.4, -0.2) is 51.9 Å². The molecular formula is C16H17N7O2S. The molecule has 0 aliphatic carbocycles. The van der Waals surface area contributed by atoms with Gasteiger partial charge >= 0.3 is 0 Å². The summed E-state index contributed by atoms with van der Waals surface area (Å²) in [6.07, 6.45) is 5.60. The van der Waals surface area contributed by atoms with Crippen molar-refractivity contribution in [3.8, 4) is 6.07 Å². The minimum absolute atomic E-state index is 0.212. The molecule has 0 amide bonds. The van der Waals surface area contributed by atoms with Crippen LogP contribution in [0.1, 0.15) is 6.42 Å². The zero-order valence-corrected chi connectivity index (χ0v) is 14.7. The minimum Gasteiger partial charge on any atom is -0.346 e. The number of pyridine rings is 1. The van der Waals surface area contributed by atoms with Crippen LogP contribution >= 0.6 is 0 Å². The third-order valence-corrected chi connectivity index (χ3v) is 6.05. The number of imidazole rings is 1. The number of nitrogens with one attached hydrogen (secondary N) is 2. The molecule has 0 radical (unpaired) electrons. The van der Waals surface area contributed by atoms with Crippen LogP contribution in [0.5, 0.6) is 0 Å². The van der Waals surface area contributed by atoms with Gasteiger partial charge in [0.15, 0.2) is 0 Å². The smallest absolute Gasteiger partial charge is 0.279 e. The van der Waals surface area contributed by atoms with E-state index < -0.39 is 10.2 Å². The number of hydrogen-bond donors (Lipinski definition) is 2. The van der Waals surface area contributed by atoms with E-state index in [4.69, 9.17) is 5.26 Å². The van der Waals surface area contributed by atoms with Crippen LogP contribution in [0.3, 0.4) is 0 Å². The van der Waals surface area contributed by atoms with Crippen LogP contribution in [0.2, 0.25) is 0 Å². The van der Waals surface area contributed by atoms with Crippen molar-refractivity contribution in [3.05, 3.63) is 31.4 Å². The van der Waals surface area contributed by atoms with Gasteiger partial charge in [0, 0.05) is 43.3 Å². The normalized spacial score (nSPS) is 16.0. The highest BCUT2D eigenvalue weighted by Crippen LogP contribution is 2.25. The van der Waals surface area contributed by atoms with Crippen LogP contribution in [0, 0.1) is 17.2 Å². The van der Waals surface area contributed by atoms with Crippen molar-refractivity contribution < 1.29 is 8.42 Å². The van der Waals surface area contributed by atoms with Crippen LogP contribution in [0.4, 0.5) is 0 Å². The Bertz CT molecular complexity index is 1130. The van der Waals surface area contributed by atoms with Gasteiger partial charge in [-0.05, 0) is 6.07 Å². The van der Waals surface area contributed by atoms with Gasteiger partial charge < -0.3 is 9.55 Å². The van der Waals surface area contributed by atoms with Crippen molar-refractivity contribution in [2.75, 3.05) is 19.6 Å². The van der Waals surface area contributed by atoms with E-state index in [0.29, 0.717) is 6.42 Å². The predicted octanol–water partition coefficient (Wildman–Crippen LogP) is 1.06. The van der Waals surface area contributed by atoms with Gasteiger partial charge in [-0.25, -0.2) is 14.7 Å². The Morgan fingerprint density at radius 1 is 1.46 bits per heavy atom. The van der Waals surface area contributed by atoms with Crippen molar-refractivity contribution in [3.63, 3.8) is 0 Å². The molecule has 1 saturated heterocycles. The molecule has 0 bridgehead atoms. The van der Waals surface area contributed by atoms with Gasteiger partial charge in [0.25, 0.3) is 10.2 Å². The molecule has 4 rings (SSSR count). The van der Waals surface area contributed by atoms with Crippen LogP contribution in [0.15, 0.2) is 31.4 Å². The average molecular weight is 371 g/mol. The highest BCUT2D eigenvalue weighted by Gasteiger charge is 2.35. The zero-order valence-electron chi connectivity index (χ0n) is 13.9. The second-order valence-corrected chi connectivity index (χ2v) is 7.96. The van der Waals surface area contributed by atoms with Gasteiger partial charge in [-0.15, -0.1) is 0 Å². The lowest BCUT2D eigenvalue weighted by Gasteiger charge is -2.33. The third-order valence-electron chi connectivity index (χ3n) is 4.50. The van der Waals surface area contributed by atoms with E-state index in [1.165, 1.54) is 4.31 Å². The van der Waals surface area contributed by atoms with Crippen molar-refractivity contribution in [2.45, 2.75) is 6.42 Å². The first-order chi connectivity index (χ1) is 12.5. The summed E-state index contributed by atoms with van der Waals surface area (Å²) in [5, 5.41) is 9.69. The van der Waals surface area contributed by atoms with Crippen molar-refractivity contribution in [1.29, 1.82) is 5.26 Å². The van der Waals surface area contributed by atoms with E-state index >= 15 is 0 Å². The SMILES string of the molecule is C=C(CCNS(=O)(=O)N1CC(C#N)C1)n1cnc2cnc3[nH]ccc3c21. The second kappa shape index (κ2) is 6.21. The fourth-order valence-electron chi connectivity index (χ4n) is 3.00. The van der Waals surface area contributed by atoms with E-state index in [9.17, 15) is 8.42 Å². The van der Waals surface area contributed by atoms with Gasteiger partial charge in [0.2, 0.25) is 0 Å². The maximum atomic E-state index is 12.1. The molecular weight excluding hydrogens is 354 g/mol. The number of aromatic nitrogens is 4. The lowest BCUT2D eigenvalue weighted by atomic mass is 10.1.